The van der Waals surface area contributed by atoms with Crippen LogP contribution in [0.15, 0.2) is 0 Å². The van der Waals surface area contributed by atoms with Crippen molar-refractivity contribution in [3.05, 3.63) is 0 Å². The van der Waals surface area contributed by atoms with Crippen LogP contribution in [0.25, 0.3) is 0 Å². The van der Waals surface area contributed by atoms with Gasteiger partial charge in [0.2, 0.25) is 0 Å². The highest BCUT2D eigenvalue weighted by atomic mass is 16.7. The topological polar surface area (TPSA) is 18.5 Å². The van der Waals surface area contributed by atoms with Crippen LogP contribution in [0.2, 0.25) is 0 Å². The van der Waals surface area contributed by atoms with Crippen molar-refractivity contribution in [1.82, 2.24) is 0 Å². The lowest BCUT2D eigenvalue weighted by Crippen LogP contribution is -2.19. The first-order chi connectivity index (χ1) is 9.85. The minimum atomic E-state index is 0.0461. The Morgan fingerprint density at radius 3 is 1.45 bits per heavy atom. The van der Waals surface area contributed by atoms with E-state index >= 15 is 0 Å². The molecule has 2 nitrogen and oxygen atoms in total. The van der Waals surface area contributed by atoms with E-state index in [0.717, 1.165) is 19.6 Å². The molecule has 0 atom stereocenters. The van der Waals surface area contributed by atoms with Crippen LogP contribution in [0.5, 0.6) is 0 Å². The standard InChI is InChI=1S/C18H38O2/c1-4-7-10-13-16-19-18(15-12-9-6-3)20-17-14-11-8-5-2/h18H,4-17H2,1-3H3. The predicted molar refractivity (Wildman–Crippen MR) is 88.1 cm³/mol. The van der Waals surface area contributed by atoms with E-state index in [9.17, 15) is 0 Å². The van der Waals surface area contributed by atoms with Gasteiger partial charge in [0.25, 0.3) is 0 Å². The zero-order valence-electron chi connectivity index (χ0n) is 14.3. The molecule has 0 rings (SSSR count). The fourth-order valence-corrected chi connectivity index (χ4v) is 2.26. The van der Waals surface area contributed by atoms with Crippen molar-refractivity contribution in [2.24, 2.45) is 0 Å². The molecule has 0 saturated carbocycles. The Bertz CT molecular complexity index is 157. The Kier molecular flexibility index (Phi) is 16.9. The van der Waals surface area contributed by atoms with Crippen LogP contribution in [-0.2, 0) is 9.47 Å². The van der Waals surface area contributed by atoms with Gasteiger partial charge in [0.05, 0.1) is 0 Å². The van der Waals surface area contributed by atoms with Crippen molar-refractivity contribution in [1.29, 1.82) is 0 Å². The molecule has 0 aliphatic heterocycles. The molecule has 122 valence electrons. The van der Waals surface area contributed by atoms with Crippen LogP contribution < -0.4 is 0 Å². The second-order valence-corrected chi connectivity index (χ2v) is 5.79. The zero-order chi connectivity index (χ0) is 14.9. The van der Waals surface area contributed by atoms with E-state index < -0.39 is 0 Å². The maximum atomic E-state index is 5.92. The Hall–Kier alpha value is -0.0800. The molecule has 0 radical (unpaired) electrons. The van der Waals surface area contributed by atoms with Crippen molar-refractivity contribution in [2.75, 3.05) is 13.2 Å². The van der Waals surface area contributed by atoms with Gasteiger partial charge in [-0.15, -0.1) is 0 Å². The number of hydrogen-bond donors (Lipinski definition) is 0. The molecule has 0 N–H and O–H groups in total. The minimum absolute atomic E-state index is 0.0461. The molecule has 0 spiro atoms. The molecule has 0 aliphatic rings. The average Bonchev–Trinajstić information content (AvgIpc) is 2.46. The van der Waals surface area contributed by atoms with Gasteiger partial charge in [0.1, 0.15) is 0 Å². The molecule has 2 heteroatoms. The molecule has 0 unspecified atom stereocenters. The van der Waals surface area contributed by atoms with Crippen LogP contribution in [0.4, 0.5) is 0 Å². The van der Waals surface area contributed by atoms with Gasteiger partial charge in [-0.05, 0) is 25.7 Å². The van der Waals surface area contributed by atoms with E-state index in [2.05, 4.69) is 20.8 Å². The highest BCUT2D eigenvalue weighted by molar-refractivity contribution is 4.50. The lowest BCUT2D eigenvalue weighted by atomic mass is 10.2. The zero-order valence-corrected chi connectivity index (χ0v) is 14.3. The van der Waals surface area contributed by atoms with Crippen LogP contribution in [0, 0.1) is 0 Å². The Morgan fingerprint density at radius 2 is 1.00 bits per heavy atom. The SMILES string of the molecule is CCCCCCOC(CCCCC)OCCCCCC. The highest BCUT2D eigenvalue weighted by Gasteiger charge is 2.08. The first-order valence-electron chi connectivity index (χ1n) is 9.08. The van der Waals surface area contributed by atoms with Gasteiger partial charge in [0, 0.05) is 13.2 Å². The molecule has 0 bridgehead atoms. The molecular weight excluding hydrogens is 248 g/mol. The lowest BCUT2D eigenvalue weighted by Gasteiger charge is -2.18. The molecule has 0 aromatic rings. The van der Waals surface area contributed by atoms with E-state index in [-0.39, 0.29) is 6.29 Å². The van der Waals surface area contributed by atoms with Gasteiger partial charge in [-0.2, -0.15) is 0 Å². The summed E-state index contributed by atoms with van der Waals surface area (Å²) in [7, 11) is 0. The summed E-state index contributed by atoms with van der Waals surface area (Å²) in [6, 6.07) is 0. The van der Waals surface area contributed by atoms with Gasteiger partial charge in [-0.1, -0.05) is 72.1 Å². The van der Waals surface area contributed by atoms with Gasteiger partial charge < -0.3 is 9.47 Å². The van der Waals surface area contributed by atoms with Gasteiger partial charge in [0.15, 0.2) is 6.29 Å². The summed E-state index contributed by atoms with van der Waals surface area (Å²) < 4.78 is 11.8. The van der Waals surface area contributed by atoms with Crippen molar-refractivity contribution < 1.29 is 9.47 Å². The molecule has 0 heterocycles. The van der Waals surface area contributed by atoms with E-state index in [1.807, 2.05) is 0 Å². The number of ether oxygens (including phenoxy) is 2. The second-order valence-electron chi connectivity index (χ2n) is 5.79. The maximum Gasteiger partial charge on any atom is 0.157 e. The summed E-state index contributed by atoms with van der Waals surface area (Å²) in [6.45, 7) is 8.46. The summed E-state index contributed by atoms with van der Waals surface area (Å²) in [6.07, 6.45) is 15.0. The third-order valence-electron chi connectivity index (χ3n) is 3.65. The molecular formula is C18H38O2. The summed E-state index contributed by atoms with van der Waals surface area (Å²) in [4.78, 5) is 0. The van der Waals surface area contributed by atoms with E-state index in [1.165, 1.54) is 70.6 Å². The van der Waals surface area contributed by atoms with Crippen molar-refractivity contribution in [3.8, 4) is 0 Å². The second kappa shape index (κ2) is 17.0. The molecule has 0 aromatic heterocycles. The number of hydrogen-bond acceptors (Lipinski definition) is 2. The van der Waals surface area contributed by atoms with E-state index in [4.69, 9.17) is 9.47 Å². The van der Waals surface area contributed by atoms with Crippen molar-refractivity contribution >= 4 is 0 Å². The van der Waals surface area contributed by atoms with E-state index in [1.54, 1.807) is 0 Å². The highest BCUT2D eigenvalue weighted by Crippen LogP contribution is 2.11. The van der Waals surface area contributed by atoms with Gasteiger partial charge in [-0.3, -0.25) is 0 Å². The van der Waals surface area contributed by atoms with Crippen molar-refractivity contribution in [3.63, 3.8) is 0 Å². The van der Waals surface area contributed by atoms with E-state index in [0.29, 0.717) is 0 Å². The molecule has 0 amide bonds. The molecule has 0 saturated heterocycles. The molecule has 20 heavy (non-hydrogen) atoms. The smallest absolute Gasteiger partial charge is 0.157 e. The predicted octanol–water partition coefficient (Wildman–Crippen LogP) is 6.09. The van der Waals surface area contributed by atoms with Crippen LogP contribution in [-0.4, -0.2) is 19.5 Å². The van der Waals surface area contributed by atoms with Crippen LogP contribution in [0.1, 0.15) is 97.8 Å². The summed E-state index contributed by atoms with van der Waals surface area (Å²) in [5.74, 6) is 0. The number of rotatable bonds is 16. The minimum Gasteiger partial charge on any atom is -0.353 e. The fraction of sp³-hybridized carbons (Fsp3) is 1.00. The quantitative estimate of drug-likeness (QED) is 0.252. The normalized spacial score (nSPS) is 11.4. The average molecular weight is 286 g/mol. The number of unbranched alkanes of at least 4 members (excludes halogenated alkanes) is 8. The largest absolute Gasteiger partial charge is 0.353 e. The third kappa shape index (κ3) is 14.3. The maximum absolute atomic E-state index is 5.92. The first-order valence-corrected chi connectivity index (χ1v) is 9.08. The van der Waals surface area contributed by atoms with Gasteiger partial charge >= 0.3 is 0 Å². The monoisotopic (exact) mass is 286 g/mol. The molecule has 0 aliphatic carbocycles. The lowest BCUT2D eigenvalue weighted by molar-refractivity contribution is -0.148. The van der Waals surface area contributed by atoms with Crippen molar-refractivity contribution in [2.45, 2.75) is 104 Å². The third-order valence-corrected chi connectivity index (χ3v) is 3.65. The Labute approximate surface area is 127 Å². The van der Waals surface area contributed by atoms with Crippen LogP contribution in [0.3, 0.4) is 0 Å². The first kappa shape index (κ1) is 19.9. The summed E-state index contributed by atoms with van der Waals surface area (Å²) >= 11 is 0. The molecule has 0 fully saturated rings. The van der Waals surface area contributed by atoms with Crippen LogP contribution >= 0.6 is 0 Å². The fourth-order valence-electron chi connectivity index (χ4n) is 2.26. The van der Waals surface area contributed by atoms with Gasteiger partial charge in [-0.25, -0.2) is 0 Å². The molecule has 0 aromatic carbocycles. The Morgan fingerprint density at radius 1 is 0.550 bits per heavy atom. The Balaban J connectivity index is 3.64. The summed E-state index contributed by atoms with van der Waals surface area (Å²) in [5, 5.41) is 0. The summed E-state index contributed by atoms with van der Waals surface area (Å²) in [5.41, 5.74) is 0.